The molecule has 18 heavy (non-hydrogen) atoms. The Morgan fingerprint density at radius 1 is 1.39 bits per heavy atom. The highest BCUT2D eigenvalue weighted by Gasteiger charge is 2.20. The van der Waals surface area contributed by atoms with Gasteiger partial charge in [0.05, 0.1) is 12.4 Å². The summed E-state index contributed by atoms with van der Waals surface area (Å²) in [6, 6.07) is 8.02. The van der Waals surface area contributed by atoms with Crippen LogP contribution in [0, 0.1) is 0 Å². The molecule has 0 saturated heterocycles. The van der Waals surface area contributed by atoms with Gasteiger partial charge in [0.2, 0.25) is 10.0 Å². The van der Waals surface area contributed by atoms with E-state index < -0.39 is 10.0 Å². The third kappa shape index (κ3) is 3.22. The fourth-order valence-corrected chi connectivity index (χ4v) is 2.61. The minimum absolute atomic E-state index is 0.0863. The van der Waals surface area contributed by atoms with Crippen molar-refractivity contribution in [3.63, 3.8) is 0 Å². The fourth-order valence-electron chi connectivity index (χ4n) is 2.02. The molecule has 5 nitrogen and oxygen atoms in total. The van der Waals surface area contributed by atoms with E-state index in [1.807, 2.05) is 24.3 Å². The first-order valence-corrected chi connectivity index (χ1v) is 7.64. The van der Waals surface area contributed by atoms with Crippen molar-refractivity contribution >= 4 is 10.0 Å². The van der Waals surface area contributed by atoms with Crippen LogP contribution in [0.15, 0.2) is 24.3 Å². The summed E-state index contributed by atoms with van der Waals surface area (Å²) in [4.78, 5) is 0. The standard InChI is InChI=1S/C12H18N2O3S/c1-13-18(15,16)9-7-14-11-6-8-17-12-5-3-2-4-10(11)12/h2-5,11,13-14H,6-9H2,1H3. The Labute approximate surface area is 108 Å². The minimum Gasteiger partial charge on any atom is -0.493 e. The van der Waals surface area contributed by atoms with Crippen molar-refractivity contribution in [1.29, 1.82) is 0 Å². The zero-order valence-corrected chi connectivity index (χ0v) is 11.2. The van der Waals surface area contributed by atoms with E-state index in [1.54, 1.807) is 0 Å². The van der Waals surface area contributed by atoms with Crippen LogP contribution in [0.5, 0.6) is 5.75 Å². The first-order chi connectivity index (χ1) is 8.62. The molecule has 1 heterocycles. The summed E-state index contributed by atoms with van der Waals surface area (Å²) in [5, 5.41) is 3.27. The molecule has 0 aliphatic carbocycles. The number of fused-ring (bicyclic) bond motifs is 1. The van der Waals surface area contributed by atoms with Crippen molar-refractivity contribution in [3.05, 3.63) is 29.8 Å². The smallest absolute Gasteiger partial charge is 0.212 e. The van der Waals surface area contributed by atoms with E-state index in [-0.39, 0.29) is 11.8 Å². The predicted molar refractivity (Wildman–Crippen MR) is 70.1 cm³/mol. The monoisotopic (exact) mass is 270 g/mol. The number of ether oxygens (including phenoxy) is 1. The van der Waals surface area contributed by atoms with Crippen molar-refractivity contribution < 1.29 is 13.2 Å². The van der Waals surface area contributed by atoms with Gasteiger partial charge >= 0.3 is 0 Å². The van der Waals surface area contributed by atoms with Crippen LogP contribution < -0.4 is 14.8 Å². The second kappa shape index (κ2) is 5.69. The molecule has 0 fully saturated rings. The van der Waals surface area contributed by atoms with Crippen LogP contribution in [0.2, 0.25) is 0 Å². The lowest BCUT2D eigenvalue weighted by atomic mass is 10.0. The molecule has 1 unspecified atom stereocenters. The summed E-state index contributed by atoms with van der Waals surface area (Å²) in [6.07, 6.45) is 0.858. The summed E-state index contributed by atoms with van der Waals surface area (Å²) < 4.78 is 30.5. The van der Waals surface area contributed by atoms with E-state index >= 15 is 0 Å². The van der Waals surface area contributed by atoms with Gasteiger partial charge < -0.3 is 10.1 Å². The first-order valence-electron chi connectivity index (χ1n) is 5.99. The molecular weight excluding hydrogens is 252 g/mol. The lowest BCUT2D eigenvalue weighted by Crippen LogP contribution is -2.33. The highest BCUT2D eigenvalue weighted by atomic mass is 32.2. The van der Waals surface area contributed by atoms with Crippen molar-refractivity contribution in [2.75, 3.05) is 26.0 Å². The van der Waals surface area contributed by atoms with Gasteiger partial charge in [-0.05, 0) is 13.1 Å². The van der Waals surface area contributed by atoms with E-state index in [0.29, 0.717) is 13.2 Å². The fraction of sp³-hybridized carbons (Fsp3) is 0.500. The van der Waals surface area contributed by atoms with Gasteiger partial charge in [0.25, 0.3) is 0 Å². The van der Waals surface area contributed by atoms with Gasteiger partial charge in [0.15, 0.2) is 0 Å². The van der Waals surface area contributed by atoms with Crippen molar-refractivity contribution in [1.82, 2.24) is 10.0 Å². The Morgan fingerprint density at radius 3 is 2.94 bits per heavy atom. The average Bonchev–Trinajstić information content (AvgIpc) is 2.39. The Bertz CT molecular complexity index is 502. The topological polar surface area (TPSA) is 67.4 Å². The van der Waals surface area contributed by atoms with Gasteiger partial charge in [-0.3, -0.25) is 0 Å². The van der Waals surface area contributed by atoms with Gasteiger partial charge in [-0.1, -0.05) is 18.2 Å². The van der Waals surface area contributed by atoms with Crippen molar-refractivity contribution in [2.45, 2.75) is 12.5 Å². The van der Waals surface area contributed by atoms with Gasteiger partial charge in [0, 0.05) is 24.6 Å². The third-order valence-corrected chi connectivity index (χ3v) is 4.39. The predicted octanol–water partition coefficient (Wildman–Crippen LogP) is 0.649. The molecule has 100 valence electrons. The van der Waals surface area contributed by atoms with E-state index in [4.69, 9.17) is 4.74 Å². The van der Waals surface area contributed by atoms with E-state index in [1.165, 1.54) is 7.05 Å². The number of hydrogen-bond acceptors (Lipinski definition) is 4. The Kier molecular flexibility index (Phi) is 4.21. The maximum Gasteiger partial charge on any atom is 0.212 e. The lowest BCUT2D eigenvalue weighted by molar-refractivity contribution is 0.254. The molecule has 1 atom stereocenters. The van der Waals surface area contributed by atoms with E-state index in [0.717, 1.165) is 17.7 Å². The molecule has 0 saturated carbocycles. The summed E-state index contributed by atoms with van der Waals surface area (Å²) in [7, 11) is -1.71. The summed E-state index contributed by atoms with van der Waals surface area (Å²) in [5.74, 6) is 0.973. The molecule has 2 rings (SSSR count). The molecule has 1 aromatic rings. The molecule has 0 bridgehead atoms. The second-order valence-electron chi connectivity index (χ2n) is 4.20. The molecule has 0 amide bonds. The molecule has 2 N–H and O–H groups in total. The number of para-hydroxylation sites is 1. The van der Waals surface area contributed by atoms with Crippen LogP contribution in [0.4, 0.5) is 0 Å². The van der Waals surface area contributed by atoms with E-state index in [2.05, 4.69) is 10.0 Å². The van der Waals surface area contributed by atoms with Crippen LogP contribution in [-0.4, -0.2) is 34.4 Å². The number of nitrogens with one attached hydrogen (secondary N) is 2. The van der Waals surface area contributed by atoms with Crippen LogP contribution >= 0.6 is 0 Å². The zero-order valence-electron chi connectivity index (χ0n) is 10.3. The van der Waals surface area contributed by atoms with Crippen molar-refractivity contribution in [2.24, 2.45) is 0 Å². The Balaban J connectivity index is 1.96. The number of hydrogen-bond donors (Lipinski definition) is 2. The highest BCUT2D eigenvalue weighted by molar-refractivity contribution is 7.89. The lowest BCUT2D eigenvalue weighted by Gasteiger charge is -2.26. The Morgan fingerprint density at radius 2 is 2.17 bits per heavy atom. The number of rotatable bonds is 5. The van der Waals surface area contributed by atoms with Gasteiger partial charge in [-0.25, -0.2) is 13.1 Å². The van der Waals surface area contributed by atoms with Crippen LogP contribution in [-0.2, 0) is 10.0 Å². The third-order valence-electron chi connectivity index (χ3n) is 3.03. The maximum absolute atomic E-state index is 11.3. The summed E-state index contributed by atoms with van der Waals surface area (Å²) >= 11 is 0. The molecule has 0 aromatic heterocycles. The molecule has 1 aliphatic heterocycles. The van der Waals surface area contributed by atoms with Gasteiger partial charge in [-0.2, -0.15) is 0 Å². The second-order valence-corrected chi connectivity index (χ2v) is 6.25. The van der Waals surface area contributed by atoms with Crippen molar-refractivity contribution in [3.8, 4) is 5.75 Å². The quantitative estimate of drug-likeness (QED) is 0.824. The normalized spacial score (nSPS) is 19.1. The SMILES string of the molecule is CNS(=O)(=O)CCNC1CCOc2ccccc21. The molecule has 6 heteroatoms. The maximum atomic E-state index is 11.3. The molecule has 0 spiro atoms. The highest BCUT2D eigenvalue weighted by Crippen LogP contribution is 2.31. The minimum atomic E-state index is -3.14. The van der Waals surface area contributed by atoms with Gasteiger partial charge in [0.1, 0.15) is 5.75 Å². The summed E-state index contributed by atoms with van der Waals surface area (Å²) in [5.41, 5.74) is 1.10. The largest absolute Gasteiger partial charge is 0.493 e. The van der Waals surface area contributed by atoms with Crippen LogP contribution in [0.1, 0.15) is 18.0 Å². The van der Waals surface area contributed by atoms with Crippen LogP contribution in [0.3, 0.4) is 0 Å². The molecule has 0 radical (unpaired) electrons. The summed E-state index contributed by atoms with van der Waals surface area (Å²) in [6.45, 7) is 1.09. The van der Waals surface area contributed by atoms with Gasteiger partial charge in [-0.15, -0.1) is 0 Å². The number of sulfonamides is 1. The Hall–Kier alpha value is -1.11. The molecule has 1 aliphatic rings. The van der Waals surface area contributed by atoms with Crippen LogP contribution in [0.25, 0.3) is 0 Å². The molecular formula is C12H18N2O3S. The first kappa shape index (κ1) is 13.3. The van der Waals surface area contributed by atoms with E-state index in [9.17, 15) is 8.42 Å². The number of benzene rings is 1. The average molecular weight is 270 g/mol. The molecule has 1 aromatic carbocycles. The zero-order chi connectivity index (χ0) is 13.0.